The molecule has 3 fully saturated rings. The number of hydrogen-bond acceptors (Lipinski definition) is 5. The van der Waals surface area contributed by atoms with Gasteiger partial charge in [0.05, 0.1) is 6.07 Å². The average Bonchev–Trinajstić information content (AvgIpc) is 3.49. The number of hydrogen-bond donors (Lipinski definition) is 3. The van der Waals surface area contributed by atoms with Gasteiger partial charge in [0.25, 0.3) is 0 Å². The minimum atomic E-state index is -0.822. The normalized spacial score (nSPS) is 32.6. The lowest BCUT2D eigenvalue weighted by atomic mass is 9.71. The van der Waals surface area contributed by atoms with Crippen molar-refractivity contribution in [1.82, 2.24) is 20.9 Å². The molecule has 202 valence electrons. The molecule has 0 unspecified atom stereocenters. The molecule has 37 heavy (non-hydrogen) atoms. The zero-order valence-corrected chi connectivity index (χ0v) is 22.6. The minimum absolute atomic E-state index is 0.0358. The molecule has 2 saturated heterocycles. The molecule has 2 aliphatic carbocycles. The molecule has 9 heteroatoms. The number of carbonyl (C=O) groups is 4. The van der Waals surface area contributed by atoms with Gasteiger partial charge < -0.3 is 20.9 Å². The van der Waals surface area contributed by atoms with Crippen molar-refractivity contribution in [3.8, 4) is 6.07 Å². The highest BCUT2D eigenvalue weighted by molar-refractivity contribution is 5.94. The largest absolute Gasteiger partial charge is 0.356 e. The van der Waals surface area contributed by atoms with Gasteiger partial charge in [-0.15, -0.1) is 0 Å². The van der Waals surface area contributed by atoms with E-state index in [4.69, 9.17) is 0 Å². The number of nitrogens with one attached hydrogen (secondary N) is 3. The van der Waals surface area contributed by atoms with Crippen LogP contribution in [0.2, 0.25) is 0 Å². The lowest BCUT2D eigenvalue weighted by molar-refractivity contribution is -0.145. The summed E-state index contributed by atoms with van der Waals surface area (Å²) in [5, 5.41) is 18.4. The zero-order valence-electron chi connectivity index (χ0n) is 22.6. The van der Waals surface area contributed by atoms with E-state index in [2.05, 4.69) is 48.0 Å². The van der Waals surface area contributed by atoms with Gasteiger partial charge >= 0.3 is 0 Å². The Labute approximate surface area is 219 Å². The van der Waals surface area contributed by atoms with E-state index in [-0.39, 0.29) is 65.6 Å². The summed E-state index contributed by atoms with van der Waals surface area (Å²) < 4.78 is 0. The fraction of sp³-hybridized carbons (Fsp3) is 0.750. The number of fused-ring (bicyclic) bond motifs is 1. The van der Waals surface area contributed by atoms with Gasteiger partial charge in [0.15, 0.2) is 0 Å². The molecule has 0 radical (unpaired) electrons. The first-order valence-electron chi connectivity index (χ1n) is 13.7. The van der Waals surface area contributed by atoms with Crippen LogP contribution in [-0.2, 0) is 19.2 Å². The Balaban J connectivity index is 1.59. The second-order valence-corrected chi connectivity index (χ2v) is 12.6. The predicted octanol–water partition coefficient (Wildman–Crippen LogP) is 1.75. The summed E-state index contributed by atoms with van der Waals surface area (Å²) in [5.41, 5.74) is -0.545. The molecule has 1 saturated carbocycles. The number of amides is 4. The maximum Gasteiger partial charge on any atom is 0.246 e. The van der Waals surface area contributed by atoms with Crippen molar-refractivity contribution in [2.45, 2.75) is 78.4 Å². The Bertz CT molecular complexity index is 1010. The maximum absolute atomic E-state index is 14.1. The van der Waals surface area contributed by atoms with Crippen molar-refractivity contribution in [3.63, 3.8) is 0 Å². The first-order valence-corrected chi connectivity index (χ1v) is 13.7. The van der Waals surface area contributed by atoms with Crippen molar-refractivity contribution in [1.29, 1.82) is 5.26 Å². The monoisotopic (exact) mass is 511 g/mol. The summed E-state index contributed by atoms with van der Waals surface area (Å²) in [4.78, 5) is 54.4. The van der Waals surface area contributed by atoms with E-state index in [1.165, 1.54) is 0 Å². The standard InChI is InChI=1S/C28H41N5O4/c1-15-6-7-16(2)21-20(15)14-33(27(37)23(28(3,4)5)32-25(35)17-8-9-17)22(21)26(36)31-19(13-29)12-18-10-11-30-24(18)34/h6-7,15-23H,8-12,14H2,1-5H3,(H,30,34)(H,31,36)(H,32,35)/t15-,16+,18-,19-,20+,21-,22-,23+/m0/s1. The molecule has 0 aromatic rings. The quantitative estimate of drug-likeness (QED) is 0.448. The molecule has 4 aliphatic rings. The van der Waals surface area contributed by atoms with Crippen LogP contribution in [0.5, 0.6) is 0 Å². The van der Waals surface area contributed by atoms with Crippen LogP contribution in [0.3, 0.4) is 0 Å². The Morgan fingerprint density at radius 3 is 2.35 bits per heavy atom. The number of nitriles is 1. The minimum Gasteiger partial charge on any atom is -0.356 e. The molecule has 4 rings (SSSR count). The second kappa shape index (κ2) is 10.5. The smallest absolute Gasteiger partial charge is 0.246 e. The highest BCUT2D eigenvalue weighted by Gasteiger charge is 2.54. The third-order valence-electron chi connectivity index (χ3n) is 8.66. The number of rotatable bonds is 7. The van der Waals surface area contributed by atoms with Crippen molar-refractivity contribution in [3.05, 3.63) is 12.2 Å². The summed E-state index contributed by atoms with van der Waals surface area (Å²) >= 11 is 0. The fourth-order valence-corrected chi connectivity index (χ4v) is 6.24. The van der Waals surface area contributed by atoms with Gasteiger partial charge in [-0.3, -0.25) is 19.2 Å². The first-order chi connectivity index (χ1) is 17.4. The summed E-state index contributed by atoms with van der Waals surface area (Å²) in [7, 11) is 0. The Kier molecular flexibility index (Phi) is 7.68. The van der Waals surface area contributed by atoms with Crippen LogP contribution in [0.25, 0.3) is 0 Å². The topological polar surface area (TPSA) is 131 Å². The van der Waals surface area contributed by atoms with Gasteiger partial charge in [-0.2, -0.15) is 5.26 Å². The van der Waals surface area contributed by atoms with Crippen molar-refractivity contribution in [2.75, 3.05) is 13.1 Å². The predicted molar refractivity (Wildman–Crippen MR) is 137 cm³/mol. The van der Waals surface area contributed by atoms with Crippen LogP contribution >= 0.6 is 0 Å². The molecule has 8 atom stereocenters. The highest BCUT2D eigenvalue weighted by Crippen LogP contribution is 2.44. The van der Waals surface area contributed by atoms with Gasteiger partial charge in [0, 0.05) is 24.9 Å². The van der Waals surface area contributed by atoms with E-state index in [1.807, 2.05) is 20.8 Å². The molecule has 0 aromatic heterocycles. The van der Waals surface area contributed by atoms with Crippen molar-refractivity contribution < 1.29 is 19.2 Å². The second-order valence-electron chi connectivity index (χ2n) is 12.6. The van der Waals surface area contributed by atoms with Gasteiger partial charge in [-0.05, 0) is 54.8 Å². The molecule has 9 nitrogen and oxygen atoms in total. The number of allylic oxidation sites excluding steroid dienone is 2. The molecule has 0 spiro atoms. The lowest BCUT2D eigenvalue weighted by Gasteiger charge is -2.37. The summed E-state index contributed by atoms with van der Waals surface area (Å²) in [6, 6.07) is -0.190. The third-order valence-corrected chi connectivity index (χ3v) is 8.66. The third kappa shape index (κ3) is 5.68. The molecule has 0 aromatic carbocycles. The van der Waals surface area contributed by atoms with Crippen LogP contribution in [0.4, 0.5) is 0 Å². The van der Waals surface area contributed by atoms with E-state index < -0.39 is 23.5 Å². The van der Waals surface area contributed by atoms with E-state index in [1.54, 1.807) is 4.90 Å². The molecule has 0 bridgehead atoms. The number of likely N-dealkylation sites (tertiary alicyclic amines) is 1. The maximum atomic E-state index is 14.1. The summed E-state index contributed by atoms with van der Waals surface area (Å²) in [6.07, 6.45) is 6.83. The van der Waals surface area contributed by atoms with Crippen molar-refractivity contribution in [2.24, 2.45) is 40.9 Å². The van der Waals surface area contributed by atoms with E-state index in [0.29, 0.717) is 19.5 Å². The van der Waals surface area contributed by atoms with Crippen molar-refractivity contribution >= 4 is 23.6 Å². The highest BCUT2D eigenvalue weighted by atomic mass is 16.2. The van der Waals surface area contributed by atoms with E-state index >= 15 is 0 Å². The van der Waals surface area contributed by atoms with Crippen LogP contribution < -0.4 is 16.0 Å². The Morgan fingerprint density at radius 2 is 1.78 bits per heavy atom. The molecular formula is C28H41N5O4. The summed E-state index contributed by atoms with van der Waals surface area (Å²) in [5.74, 6) is -0.883. The van der Waals surface area contributed by atoms with Crippen LogP contribution in [0.15, 0.2) is 12.2 Å². The number of carbonyl (C=O) groups excluding carboxylic acids is 4. The average molecular weight is 512 g/mol. The zero-order chi connectivity index (χ0) is 27.1. The van der Waals surface area contributed by atoms with E-state index in [0.717, 1.165) is 12.8 Å². The van der Waals surface area contributed by atoms with Gasteiger partial charge in [-0.1, -0.05) is 46.8 Å². The van der Waals surface area contributed by atoms with Gasteiger partial charge in [0.1, 0.15) is 18.1 Å². The van der Waals surface area contributed by atoms with E-state index in [9.17, 15) is 24.4 Å². The van der Waals surface area contributed by atoms with Gasteiger partial charge in [0.2, 0.25) is 23.6 Å². The molecule has 3 N–H and O–H groups in total. The Morgan fingerprint density at radius 1 is 1.11 bits per heavy atom. The molecule has 4 amide bonds. The van der Waals surface area contributed by atoms with Crippen LogP contribution in [0, 0.1) is 52.3 Å². The fourth-order valence-electron chi connectivity index (χ4n) is 6.24. The molecular weight excluding hydrogens is 470 g/mol. The number of nitrogens with zero attached hydrogens (tertiary/aromatic N) is 2. The SMILES string of the molecule is C[C@@H]1C=C[C@H](C)[C@H]2CN(C(=O)[C@@H](NC(=O)C3CC3)C(C)(C)C)[C@H](C(=O)N[C@H](C#N)C[C@@H]3CCNC3=O)[C@H]21. The Hall–Kier alpha value is -2.89. The summed E-state index contributed by atoms with van der Waals surface area (Å²) in [6.45, 7) is 10.9. The first kappa shape index (κ1) is 27.2. The van der Waals surface area contributed by atoms with Gasteiger partial charge in [-0.25, -0.2) is 0 Å². The molecule has 2 heterocycles. The van der Waals surface area contributed by atoms with Crippen LogP contribution in [-0.4, -0.2) is 59.7 Å². The van der Waals surface area contributed by atoms with Crippen LogP contribution in [0.1, 0.15) is 60.3 Å². The molecule has 2 aliphatic heterocycles. The lowest BCUT2D eigenvalue weighted by Crippen LogP contribution is -2.59.